The van der Waals surface area contributed by atoms with E-state index in [-0.39, 0.29) is 5.78 Å². The van der Waals surface area contributed by atoms with E-state index in [0.29, 0.717) is 11.8 Å². The highest BCUT2D eigenvalue weighted by Crippen LogP contribution is 2.34. The minimum atomic E-state index is 0.223. The highest BCUT2D eigenvalue weighted by atomic mass is 16.1. The maximum absolute atomic E-state index is 11.8. The largest absolute Gasteiger partial charge is 0.290 e. The Morgan fingerprint density at radius 2 is 2.13 bits per heavy atom. The van der Waals surface area contributed by atoms with Gasteiger partial charge in [0.15, 0.2) is 5.78 Å². The van der Waals surface area contributed by atoms with Gasteiger partial charge in [0.1, 0.15) is 0 Å². The predicted molar refractivity (Wildman–Crippen MR) is 64.7 cm³/mol. The van der Waals surface area contributed by atoms with Gasteiger partial charge in [-0.1, -0.05) is 25.5 Å². The third kappa shape index (κ3) is 3.05. The quantitative estimate of drug-likeness (QED) is 0.640. The molecule has 0 aliphatic heterocycles. The second kappa shape index (κ2) is 5.29. The van der Waals surface area contributed by atoms with Crippen LogP contribution in [0.15, 0.2) is 23.3 Å². The Bertz CT molecular complexity index is 294. The van der Waals surface area contributed by atoms with E-state index >= 15 is 0 Å². The monoisotopic (exact) mass is 206 g/mol. The second-order valence-electron chi connectivity index (χ2n) is 4.87. The van der Waals surface area contributed by atoms with Crippen LogP contribution >= 0.6 is 0 Å². The van der Waals surface area contributed by atoms with Crippen LogP contribution in [0.4, 0.5) is 0 Å². The normalized spacial score (nSPS) is 22.9. The number of ketones is 1. The summed E-state index contributed by atoms with van der Waals surface area (Å²) >= 11 is 0. The van der Waals surface area contributed by atoms with Crippen LogP contribution in [0.1, 0.15) is 47.0 Å². The summed E-state index contributed by atoms with van der Waals surface area (Å²) in [6.07, 6.45) is 6.85. The van der Waals surface area contributed by atoms with Crippen LogP contribution in [0.3, 0.4) is 0 Å². The van der Waals surface area contributed by atoms with Crippen molar-refractivity contribution in [2.24, 2.45) is 11.8 Å². The first-order valence-corrected chi connectivity index (χ1v) is 5.92. The molecule has 0 fully saturated rings. The molecule has 1 rings (SSSR count). The minimum Gasteiger partial charge on any atom is -0.290 e. The molecule has 0 bridgehead atoms. The first-order chi connectivity index (χ1) is 7.06. The van der Waals surface area contributed by atoms with E-state index < -0.39 is 0 Å². The Kier molecular flexibility index (Phi) is 4.31. The minimum absolute atomic E-state index is 0.223. The molecule has 0 saturated carbocycles. The average molecular weight is 206 g/mol. The van der Waals surface area contributed by atoms with Crippen molar-refractivity contribution in [3.8, 4) is 0 Å². The lowest BCUT2D eigenvalue weighted by Crippen LogP contribution is -2.18. The maximum atomic E-state index is 11.8. The fourth-order valence-electron chi connectivity index (χ4n) is 2.22. The molecule has 1 aliphatic rings. The molecule has 0 heterocycles. The van der Waals surface area contributed by atoms with Crippen LogP contribution < -0.4 is 0 Å². The van der Waals surface area contributed by atoms with Crippen molar-refractivity contribution in [3.63, 3.8) is 0 Å². The average Bonchev–Trinajstić information content (AvgIpc) is 2.18. The van der Waals surface area contributed by atoms with E-state index in [4.69, 9.17) is 0 Å². The van der Waals surface area contributed by atoms with Gasteiger partial charge in [0.05, 0.1) is 0 Å². The number of hydrogen-bond acceptors (Lipinski definition) is 1. The summed E-state index contributed by atoms with van der Waals surface area (Å²) in [5.74, 6) is 1.60. The molecule has 0 aromatic rings. The lowest BCUT2D eigenvalue weighted by Gasteiger charge is -2.27. The molecule has 1 aliphatic carbocycles. The molecule has 0 N–H and O–H groups in total. The van der Waals surface area contributed by atoms with E-state index in [1.165, 1.54) is 12.0 Å². The van der Waals surface area contributed by atoms with E-state index in [0.717, 1.165) is 18.4 Å². The second-order valence-corrected chi connectivity index (χ2v) is 4.87. The zero-order chi connectivity index (χ0) is 11.4. The van der Waals surface area contributed by atoms with Gasteiger partial charge in [0, 0.05) is 0 Å². The highest BCUT2D eigenvalue weighted by Gasteiger charge is 2.23. The van der Waals surface area contributed by atoms with E-state index in [9.17, 15) is 4.79 Å². The van der Waals surface area contributed by atoms with Gasteiger partial charge < -0.3 is 0 Å². The Morgan fingerprint density at radius 3 is 2.67 bits per heavy atom. The molecule has 0 aromatic heterocycles. The van der Waals surface area contributed by atoms with Gasteiger partial charge in [-0.3, -0.25) is 4.79 Å². The van der Waals surface area contributed by atoms with E-state index in [1.807, 2.05) is 13.0 Å². The van der Waals surface area contributed by atoms with E-state index in [1.54, 1.807) is 6.08 Å². The van der Waals surface area contributed by atoms with Crippen LogP contribution in [0.5, 0.6) is 0 Å². The molecular weight excluding hydrogens is 184 g/mol. The van der Waals surface area contributed by atoms with Crippen molar-refractivity contribution in [2.45, 2.75) is 47.0 Å². The first-order valence-electron chi connectivity index (χ1n) is 5.92. The van der Waals surface area contributed by atoms with Gasteiger partial charge in [-0.15, -0.1) is 0 Å². The molecule has 1 unspecified atom stereocenters. The molecule has 0 amide bonds. The number of rotatable bonds is 3. The predicted octanol–water partition coefficient (Wildman–Crippen LogP) is 3.90. The lowest BCUT2D eigenvalue weighted by atomic mass is 9.77. The van der Waals surface area contributed by atoms with Crippen molar-refractivity contribution in [3.05, 3.63) is 23.3 Å². The zero-order valence-electron chi connectivity index (χ0n) is 10.3. The summed E-state index contributed by atoms with van der Waals surface area (Å²) in [7, 11) is 0. The third-order valence-corrected chi connectivity index (χ3v) is 3.43. The number of allylic oxidation sites excluding steroid dienone is 4. The van der Waals surface area contributed by atoms with Gasteiger partial charge in [-0.2, -0.15) is 0 Å². The topological polar surface area (TPSA) is 17.1 Å². The van der Waals surface area contributed by atoms with Crippen LogP contribution in [0.25, 0.3) is 0 Å². The lowest BCUT2D eigenvalue weighted by molar-refractivity contribution is -0.111. The number of hydrogen-bond donors (Lipinski definition) is 0. The Balaban J connectivity index is 2.81. The standard InChI is InChI=1S/C14H22O/c1-5-6-14(15)13-9-12(10(2)3)8-7-11(13)4/h5-6,10,12H,7-9H2,1-4H3/b6-5+. The van der Waals surface area contributed by atoms with Crippen molar-refractivity contribution >= 4 is 5.78 Å². The van der Waals surface area contributed by atoms with Crippen molar-refractivity contribution in [1.29, 1.82) is 0 Å². The molecule has 0 radical (unpaired) electrons. The summed E-state index contributed by atoms with van der Waals surface area (Å²) in [5.41, 5.74) is 2.37. The van der Waals surface area contributed by atoms with Crippen LogP contribution in [0, 0.1) is 11.8 Å². The van der Waals surface area contributed by atoms with Crippen molar-refractivity contribution < 1.29 is 4.79 Å². The van der Waals surface area contributed by atoms with Gasteiger partial charge in [-0.05, 0) is 56.6 Å². The third-order valence-electron chi connectivity index (χ3n) is 3.43. The molecule has 0 aromatic carbocycles. The Morgan fingerprint density at radius 1 is 1.47 bits per heavy atom. The first kappa shape index (κ1) is 12.2. The van der Waals surface area contributed by atoms with Crippen molar-refractivity contribution in [1.82, 2.24) is 0 Å². The summed E-state index contributed by atoms with van der Waals surface area (Å²) in [5, 5.41) is 0. The summed E-state index contributed by atoms with van der Waals surface area (Å²) in [6.45, 7) is 8.51. The van der Waals surface area contributed by atoms with Gasteiger partial charge in [-0.25, -0.2) is 0 Å². The molecule has 1 atom stereocenters. The van der Waals surface area contributed by atoms with Gasteiger partial charge in [0.2, 0.25) is 0 Å². The molecule has 1 nitrogen and oxygen atoms in total. The molecule has 1 heteroatoms. The van der Waals surface area contributed by atoms with Gasteiger partial charge in [0.25, 0.3) is 0 Å². The van der Waals surface area contributed by atoms with E-state index in [2.05, 4.69) is 20.8 Å². The molecule has 0 spiro atoms. The summed E-state index contributed by atoms with van der Waals surface area (Å²) in [6, 6.07) is 0. The smallest absolute Gasteiger partial charge is 0.181 e. The maximum Gasteiger partial charge on any atom is 0.181 e. The highest BCUT2D eigenvalue weighted by molar-refractivity contribution is 6.04. The Labute approximate surface area is 93.3 Å². The van der Waals surface area contributed by atoms with Crippen LogP contribution in [0.2, 0.25) is 0 Å². The SMILES string of the molecule is C/C=C/C(=O)C1=C(C)CCC(C(C)C)C1. The van der Waals surface area contributed by atoms with Crippen LogP contribution in [-0.2, 0) is 4.79 Å². The summed E-state index contributed by atoms with van der Waals surface area (Å²) in [4.78, 5) is 11.8. The Hall–Kier alpha value is -0.850. The zero-order valence-corrected chi connectivity index (χ0v) is 10.3. The molecular formula is C14H22O. The summed E-state index contributed by atoms with van der Waals surface area (Å²) < 4.78 is 0. The number of carbonyl (C=O) groups excluding carboxylic acids is 1. The van der Waals surface area contributed by atoms with Crippen LogP contribution in [-0.4, -0.2) is 5.78 Å². The fraction of sp³-hybridized carbons (Fsp3) is 0.643. The molecule has 84 valence electrons. The fourth-order valence-corrected chi connectivity index (χ4v) is 2.22. The molecule has 0 saturated heterocycles. The molecule has 15 heavy (non-hydrogen) atoms. The van der Waals surface area contributed by atoms with Crippen molar-refractivity contribution in [2.75, 3.05) is 0 Å². The number of carbonyl (C=O) groups is 1. The van der Waals surface area contributed by atoms with Gasteiger partial charge >= 0.3 is 0 Å².